The molecule has 47 heavy (non-hydrogen) atoms. The number of rotatable bonds is 10. The number of piperazine rings is 1. The highest BCUT2D eigenvalue weighted by molar-refractivity contribution is 7.60. The number of hydrogen-bond acceptors (Lipinski definition) is 9. The van der Waals surface area contributed by atoms with Crippen LogP contribution in [0.5, 0.6) is 0 Å². The lowest BCUT2D eigenvalue weighted by Crippen LogP contribution is -2.56. The molecule has 2 aliphatic heterocycles. The first-order chi connectivity index (χ1) is 22.5. The number of benzene rings is 2. The molecular weight excluding hydrogens is 627 g/mol. The summed E-state index contributed by atoms with van der Waals surface area (Å²) in [5.41, 5.74) is 1.39. The van der Waals surface area contributed by atoms with E-state index in [1.807, 2.05) is 35.2 Å². The lowest BCUT2D eigenvalue weighted by atomic mass is 10.0. The maximum absolute atomic E-state index is 13.9. The van der Waals surface area contributed by atoms with E-state index in [0.717, 1.165) is 12.0 Å². The van der Waals surface area contributed by atoms with Crippen molar-refractivity contribution in [1.82, 2.24) is 25.1 Å². The van der Waals surface area contributed by atoms with Crippen LogP contribution in [-0.2, 0) is 25.3 Å². The summed E-state index contributed by atoms with van der Waals surface area (Å²) in [7, 11) is -2.80. The van der Waals surface area contributed by atoms with Gasteiger partial charge in [-0.25, -0.2) is 14.8 Å². The average Bonchev–Trinajstić information content (AvgIpc) is 3.57. The molecule has 3 N–H and O–H groups in total. The van der Waals surface area contributed by atoms with Crippen LogP contribution in [-0.4, -0.2) is 113 Å². The number of nitrogens with one attached hydrogen (secondary N) is 1. The minimum absolute atomic E-state index is 0.0330. The molecule has 0 spiro atoms. The molecule has 0 bridgehead atoms. The van der Waals surface area contributed by atoms with Crippen molar-refractivity contribution >= 4 is 36.6 Å². The van der Waals surface area contributed by atoms with Gasteiger partial charge in [0.2, 0.25) is 5.91 Å². The number of nitrogens with zero attached hydrogens (tertiary/aromatic N) is 5. The van der Waals surface area contributed by atoms with Crippen LogP contribution in [0.15, 0.2) is 60.7 Å². The summed E-state index contributed by atoms with van der Waals surface area (Å²) in [5.74, 6) is -0.0146. The summed E-state index contributed by atoms with van der Waals surface area (Å²) < 4.78 is 22.3. The third-order valence-corrected chi connectivity index (χ3v) is 9.18. The predicted octanol–water partition coefficient (Wildman–Crippen LogP) is 1.81. The van der Waals surface area contributed by atoms with Gasteiger partial charge in [-0.2, -0.15) is 0 Å². The monoisotopic (exact) mass is 666 g/mol. The molecule has 2 atom stereocenters. The van der Waals surface area contributed by atoms with Gasteiger partial charge in [-0.1, -0.05) is 42.5 Å². The molecule has 2 aromatic carbocycles. The highest BCUT2D eigenvalue weighted by Gasteiger charge is 2.32. The van der Waals surface area contributed by atoms with Crippen molar-refractivity contribution in [3.63, 3.8) is 0 Å². The number of amides is 3. The molecule has 3 amide bonds. The van der Waals surface area contributed by atoms with Gasteiger partial charge in [0, 0.05) is 64.4 Å². The predicted molar refractivity (Wildman–Crippen MR) is 173 cm³/mol. The van der Waals surface area contributed by atoms with Crippen molar-refractivity contribution in [2.24, 2.45) is 0 Å². The van der Waals surface area contributed by atoms with Crippen LogP contribution in [0.25, 0.3) is 11.4 Å². The number of methoxy groups -OCH3 is 1. The zero-order valence-electron chi connectivity index (χ0n) is 26.3. The van der Waals surface area contributed by atoms with E-state index in [0.29, 0.717) is 30.3 Å². The molecule has 250 valence electrons. The molecule has 2 fully saturated rings. The Morgan fingerprint density at radius 3 is 2.28 bits per heavy atom. The second kappa shape index (κ2) is 15.0. The van der Waals surface area contributed by atoms with Gasteiger partial charge in [0.15, 0.2) is 5.82 Å². The van der Waals surface area contributed by atoms with Crippen LogP contribution in [0.3, 0.4) is 0 Å². The van der Waals surface area contributed by atoms with Crippen LogP contribution in [0.2, 0.25) is 0 Å². The molecule has 0 unspecified atom stereocenters. The molecule has 0 radical (unpaired) electrons. The highest BCUT2D eigenvalue weighted by atomic mass is 31.2. The Labute approximate surface area is 272 Å². The Morgan fingerprint density at radius 1 is 0.979 bits per heavy atom. The Balaban J connectivity index is 1.42. The fraction of sp³-hybridized carbons (Fsp3) is 0.406. The first-order valence-electron chi connectivity index (χ1n) is 15.4. The van der Waals surface area contributed by atoms with Crippen LogP contribution >= 0.6 is 7.60 Å². The average molecular weight is 667 g/mol. The number of carbonyl (C=O) groups excluding carboxylic acids is 3. The van der Waals surface area contributed by atoms with Gasteiger partial charge in [0.25, 0.3) is 5.91 Å². The van der Waals surface area contributed by atoms with Crippen LogP contribution in [0.4, 0.5) is 10.6 Å². The lowest BCUT2D eigenvalue weighted by Gasteiger charge is -2.36. The number of hydrogen-bond donors (Lipinski definition) is 3. The van der Waals surface area contributed by atoms with E-state index in [4.69, 9.17) is 14.5 Å². The molecule has 14 nitrogen and oxygen atoms in total. The normalized spacial score (nSPS) is 17.4. The van der Waals surface area contributed by atoms with Gasteiger partial charge in [0.1, 0.15) is 17.6 Å². The van der Waals surface area contributed by atoms with Crippen LogP contribution in [0, 0.1) is 0 Å². The Morgan fingerprint density at radius 2 is 1.66 bits per heavy atom. The molecule has 1 aromatic heterocycles. The van der Waals surface area contributed by atoms with Crippen molar-refractivity contribution in [3.05, 3.63) is 71.9 Å². The molecule has 2 aliphatic rings. The van der Waals surface area contributed by atoms with Crippen molar-refractivity contribution in [1.29, 1.82) is 0 Å². The molecule has 0 saturated carbocycles. The van der Waals surface area contributed by atoms with Gasteiger partial charge in [-0.3, -0.25) is 14.2 Å². The van der Waals surface area contributed by atoms with Gasteiger partial charge >= 0.3 is 13.7 Å². The van der Waals surface area contributed by atoms with Crippen molar-refractivity contribution in [2.45, 2.75) is 31.9 Å². The van der Waals surface area contributed by atoms with Crippen molar-refractivity contribution in [2.75, 3.05) is 57.9 Å². The zero-order chi connectivity index (χ0) is 33.6. The van der Waals surface area contributed by atoms with E-state index >= 15 is 0 Å². The minimum atomic E-state index is -4.46. The summed E-state index contributed by atoms with van der Waals surface area (Å²) in [6.45, 7) is 4.29. The maximum atomic E-state index is 13.9. The maximum Gasteiger partial charge on any atom is 0.409 e. The van der Waals surface area contributed by atoms with Gasteiger partial charge in [-0.05, 0) is 31.0 Å². The third kappa shape index (κ3) is 8.52. The topological polar surface area (TPSA) is 175 Å². The van der Waals surface area contributed by atoms with Gasteiger partial charge in [0.05, 0.1) is 18.0 Å². The summed E-state index contributed by atoms with van der Waals surface area (Å²) in [6.07, 6.45) is 0.447. The van der Waals surface area contributed by atoms with Crippen molar-refractivity contribution < 1.29 is 38.2 Å². The molecule has 2 saturated heterocycles. The summed E-state index contributed by atoms with van der Waals surface area (Å²) in [6, 6.07) is 15.5. The lowest BCUT2D eigenvalue weighted by molar-refractivity contribution is -0.134. The molecular formula is C32H39N6O8P. The van der Waals surface area contributed by atoms with Gasteiger partial charge < -0.3 is 39.3 Å². The quantitative estimate of drug-likeness (QED) is 0.269. The first kappa shape index (κ1) is 34.0. The second-order valence-electron chi connectivity index (χ2n) is 11.3. The fourth-order valence-electron chi connectivity index (χ4n) is 5.60. The highest BCUT2D eigenvalue weighted by Crippen LogP contribution is 2.33. The molecule has 5 rings (SSSR count). The first-order valence-corrected chi connectivity index (χ1v) is 17.1. The van der Waals surface area contributed by atoms with E-state index in [9.17, 15) is 28.7 Å². The second-order valence-corrected chi connectivity index (χ2v) is 12.9. The standard InChI is InChI=1S/C32H39N6O8P/c1-3-46-32(41)37-17-15-36(16-18-37)31(40)27(19-22-9-11-25(12-10-22)47(42,43)44)34-30(39)26-20-28(38-14-13-24(21-38)45-2)35-29(33-26)23-7-5-4-6-8-23/h4-12,20,24,27H,3,13-19,21H2,1-2H3,(H,34,39)(H2,42,43,44)/t24-,27-/m0/s1. The van der Waals surface area contributed by atoms with E-state index < -0.39 is 25.6 Å². The van der Waals surface area contributed by atoms with Crippen LogP contribution < -0.4 is 15.5 Å². The molecule has 3 heterocycles. The Bertz CT molecular complexity index is 1610. The number of aromatic nitrogens is 2. The molecule has 3 aromatic rings. The summed E-state index contributed by atoms with van der Waals surface area (Å²) >= 11 is 0. The number of anilines is 1. The van der Waals surface area contributed by atoms with E-state index in [2.05, 4.69) is 10.3 Å². The Hall–Kier alpha value is -4.36. The molecule has 0 aliphatic carbocycles. The SMILES string of the molecule is CCOC(=O)N1CCN(C(=O)[C@H](Cc2ccc(P(=O)(O)O)cc2)NC(=O)c2cc(N3CC[C@H](OC)C3)nc(-c3ccccc3)n2)CC1. The number of carbonyl (C=O) groups is 3. The largest absolute Gasteiger partial charge is 0.450 e. The van der Waals surface area contributed by atoms with E-state index in [1.54, 1.807) is 25.0 Å². The van der Waals surface area contributed by atoms with Crippen LogP contribution in [0.1, 0.15) is 29.4 Å². The number of ether oxygens (including phenoxy) is 2. The minimum Gasteiger partial charge on any atom is -0.450 e. The van der Waals surface area contributed by atoms with E-state index in [1.165, 1.54) is 29.2 Å². The van der Waals surface area contributed by atoms with Crippen molar-refractivity contribution in [3.8, 4) is 11.4 Å². The summed E-state index contributed by atoms with van der Waals surface area (Å²) in [4.78, 5) is 73.6. The van der Waals surface area contributed by atoms with Gasteiger partial charge in [-0.15, -0.1) is 0 Å². The van der Waals surface area contributed by atoms with E-state index in [-0.39, 0.29) is 62.2 Å². The Kier molecular flexibility index (Phi) is 10.9. The third-order valence-electron chi connectivity index (χ3n) is 8.21. The summed E-state index contributed by atoms with van der Waals surface area (Å²) in [5, 5.41) is 2.72. The fourth-order valence-corrected chi connectivity index (χ4v) is 6.13. The zero-order valence-corrected chi connectivity index (χ0v) is 27.2. The smallest absolute Gasteiger partial charge is 0.409 e. The molecule has 15 heteroatoms.